The number of halogens is 4. The average Bonchev–Trinajstić information content (AvgIpc) is 2.63. The molecule has 1 aromatic carbocycles. The molecule has 0 unspecified atom stereocenters. The molecule has 0 aliphatic rings. The number of pyridine rings is 1. The molecule has 0 aliphatic carbocycles. The molecule has 0 radical (unpaired) electrons. The third-order valence-electron chi connectivity index (χ3n) is 3.49. The summed E-state index contributed by atoms with van der Waals surface area (Å²) in [7, 11) is 0. The molecular formula is C18H19BrF3N3O2. The fourth-order valence-electron chi connectivity index (χ4n) is 2.12. The van der Waals surface area contributed by atoms with E-state index >= 15 is 0 Å². The van der Waals surface area contributed by atoms with Gasteiger partial charge in [0.25, 0.3) is 0 Å². The van der Waals surface area contributed by atoms with E-state index in [1.54, 1.807) is 0 Å². The third-order valence-corrected chi connectivity index (χ3v) is 4.14. The number of carbonyl (C=O) groups is 1. The summed E-state index contributed by atoms with van der Waals surface area (Å²) in [5, 5.41) is 5.58. The number of hydrogen-bond donors (Lipinski definition) is 2. The molecule has 0 fully saturated rings. The van der Waals surface area contributed by atoms with Gasteiger partial charge in [0.15, 0.2) is 0 Å². The minimum Gasteiger partial charge on any atom is -0.492 e. The number of aromatic nitrogens is 1. The molecule has 9 heteroatoms. The molecule has 0 spiro atoms. The largest absolute Gasteiger partial charge is 0.492 e. The molecule has 0 atom stereocenters. The van der Waals surface area contributed by atoms with Gasteiger partial charge < -0.3 is 15.4 Å². The first-order valence-corrected chi connectivity index (χ1v) is 9.07. The van der Waals surface area contributed by atoms with Crippen molar-refractivity contribution in [3.05, 3.63) is 52.6 Å². The van der Waals surface area contributed by atoms with Gasteiger partial charge in [0, 0.05) is 25.7 Å². The van der Waals surface area contributed by atoms with Gasteiger partial charge in [0.2, 0.25) is 5.91 Å². The maximum atomic E-state index is 12.4. The van der Waals surface area contributed by atoms with Crippen LogP contribution in [0, 0.1) is 0 Å². The van der Waals surface area contributed by atoms with Crippen LogP contribution in [0.4, 0.5) is 19.0 Å². The predicted octanol–water partition coefficient (Wildman–Crippen LogP) is 4.25. The van der Waals surface area contributed by atoms with E-state index in [9.17, 15) is 18.0 Å². The maximum Gasteiger partial charge on any atom is 0.417 e. The molecule has 1 aromatic heterocycles. The molecule has 146 valence electrons. The summed E-state index contributed by atoms with van der Waals surface area (Å²) in [6.45, 7) is 1.12. The summed E-state index contributed by atoms with van der Waals surface area (Å²) in [5.41, 5.74) is -0.800. The summed E-state index contributed by atoms with van der Waals surface area (Å²) in [6.07, 6.45) is -2.74. The van der Waals surface area contributed by atoms with Crippen molar-refractivity contribution in [1.82, 2.24) is 10.3 Å². The lowest BCUT2D eigenvalue weighted by atomic mass is 10.3. The van der Waals surface area contributed by atoms with Crippen LogP contribution in [0.15, 0.2) is 47.1 Å². The number of nitrogens with one attached hydrogen (secondary N) is 2. The number of anilines is 1. The third kappa shape index (κ3) is 7.46. The summed E-state index contributed by atoms with van der Waals surface area (Å²) >= 11 is 3.38. The SMILES string of the molecule is O=C(CCCOc1ccccc1Br)NCCNc1ccc(C(F)(F)F)cn1. The molecule has 2 rings (SSSR count). The highest BCUT2D eigenvalue weighted by atomic mass is 79.9. The Morgan fingerprint density at radius 3 is 2.59 bits per heavy atom. The molecule has 0 saturated heterocycles. The fraction of sp³-hybridized carbons (Fsp3) is 0.333. The Morgan fingerprint density at radius 2 is 1.93 bits per heavy atom. The van der Waals surface area contributed by atoms with E-state index in [1.165, 1.54) is 6.07 Å². The van der Waals surface area contributed by atoms with Crippen molar-refractivity contribution in [2.24, 2.45) is 0 Å². The monoisotopic (exact) mass is 445 g/mol. The van der Waals surface area contributed by atoms with Crippen LogP contribution in [0.2, 0.25) is 0 Å². The topological polar surface area (TPSA) is 63.2 Å². The second-order valence-corrected chi connectivity index (χ2v) is 6.44. The molecule has 5 nitrogen and oxygen atoms in total. The Balaban J connectivity index is 1.57. The van der Waals surface area contributed by atoms with Crippen LogP contribution in [0.3, 0.4) is 0 Å². The molecule has 0 bridgehead atoms. The summed E-state index contributed by atoms with van der Waals surface area (Å²) < 4.78 is 43.8. The number of hydrogen-bond acceptors (Lipinski definition) is 4. The Kier molecular flexibility index (Phi) is 7.90. The Morgan fingerprint density at radius 1 is 1.15 bits per heavy atom. The highest BCUT2D eigenvalue weighted by molar-refractivity contribution is 9.10. The molecule has 2 aromatic rings. The smallest absolute Gasteiger partial charge is 0.417 e. The zero-order chi connectivity index (χ0) is 19.7. The van der Waals surface area contributed by atoms with Crippen LogP contribution < -0.4 is 15.4 Å². The minimum atomic E-state index is -4.40. The summed E-state index contributed by atoms with van der Waals surface area (Å²) in [4.78, 5) is 15.4. The Labute approximate surface area is 163 Å². The van der Waals surface area contributed by atoms with Gasteiger partial charge in [-0.15, -0.1) is 0 Å². The van der Waals surface area contributed by atoms with Crippen LogP contribution in [-0.4, -0.2) is 30.6 Å². The summed E-state index contributed by atoms with van der Waals surface area (Å²) in [5.74, 6) is 0.929. The van der Waals surface area contributed by atoms with Crippen molar-refractivity contribution in [1.29, 1.82) is 0 Å². The van der Waals surface area contributed by atoms with Crippen LogP contribution in [0.5, 0.6) is 5.75 Å². The lowest BCUT2D eigenvalue weighted by molar-refractivity contribution is -0.137. The number of ether oxygens (including phenoxy) is 1. The van der Waals surface area contributed by atoms with Crippen molar-refractivity contribution in [3.8, 4) is 5.75 Å². The van der Waals surface area contributed by atoms with Gasteiger partial charge in [0.1, 0.15) is 11.6 Å². The Bertz CT molecular complexity index is 739. The summed E-state index contributed by atoms with van der Waals surface area (Å²) in [6, 6.07) is 9.68. The van der Waals surface area contributed by atoms with Crippen LogP contribution in [-0.2, 0) is 11.0 Å². The van der Waals surface area contributed by atoms with Gasteiger partial charge in [-0.3, -0.25) is 4.79 Å². The van der Waals surface area contributed by atoms with E-state index in [0.29, 0.717) is 38.4 Å². The Hall–Kier alpha value is -2.29. The average molecular weight is 446 g/mol. The van der Waals surface area contributed by atoms with Crippen molar-refractivity contribution in [2.75, 3.05) is 25.0 Å². The molecule has 0 saturated carbocycles. The number of carbonyl (C=O) groups excluding carboxylic acids is 1. The van der Waals surface area contributed by atoms with E-state index in [-0.39, 0.29) is 5.91 Å². The molecule has 27 heavy (non-hydrogen) atoms. The first-order chi connectivity index (χ1) is 12.9. The highest BCUT2D eigenvalue weighted by Gasteiger charge is 2.30. The molecule has 0 aliphatic heterocycles. The molecule has 2 N–H and O–H groups in total. The lowest BCUT2D eigenvalue weighted by Crippen LogP contribution is -2.29. The van der Waals surface area contributed by atoms with Gasteiger partial charge in [-0.2, -0.15) is 13.2 Å². The van der Waals surface area contributed by atoms with Crippen LogP contribution >= 0.6 is 15.9 Å². The van der Waals surface area contributed by atoms with E-state index in [4.69, 9.17) is 4.74 Å². The quantitative estimate of drug-likeness (QED) is 0.566. The minimum absolute atomic E-state index is 0.118. The normalized spacial score (nSPS) is 11.1. The van der Waals surface area contributed by atoms with E-state index in [0.717, 1.165) is 22.5 Å². The van der Waals surface area contributed by atoms with Crippen molar-refractivity contribution in [2.45, 2.75) is 19.0 Å². The van der Waals surface area contributed by atoms with Crippen molar-refractivity contribution >= 4 is 27.7 Å². The molecule has 1 heterocycles. The van der Waals surface area contributed by atoms with Crippen molar-refractivity contribution in [3.63, 3.8) is 0 Å². The maximum absolute atomic E-state index is 12.4. The lowest BCUT2D eigenvalue weighted by Gasteiger charge is -2.10. The zero-order valence-electron chi connectivity index (χ0n) is 14.4. The number of benzene rings is 1. The van der Waals surface area contributed by atoms with Crippen LogP contribution in [0.25, 0.3) is 0 Å². The highest BCUT2D eigenvalue weighted by Crippen LogP contribution is 2.28. The fourth-order valence-corrected chi connectivity index (χ4v) is 2.52. The van der Waals surface area contributed by atoms with Gasteiger partial charge in [-0.1, -0.05) is 12.1 Å². The van der Waals surface area contributed by atoms with Gasteiger partial charge in [-0.05, 0) is 46.6 Å². The van der Waals surface area contributed by atoms with Crippen LogP contribution in [0.1, 0.15) is 18.4 Å². The van der Waals surface area contributed by atoms with Gasteiger partial charge >= 0.3 is 6.18 Å². The number of amides is 1. The number of para-hydroxylation sites is 1. The standard InChI is InChI=1S/C18H19BrF3N3O2/c19-14-4-1-2-5-15(14)27-11-3-6-17(26)24-10-9-23-16-8-7-13(12-25-16)18(20,21)22/h1-2,4-5,7-8,12H,3,6,9-11H2,(H,23,25)(H,24,26). The van der Waals surface area contributed by atoms with Crippen molar-refractivity contribution < 1.29 is 22.7 Å². The number of alkyl halides is 3. The first-order valence-electron chi connectivity index (χ1n) is 8.27. The molecular weight excluding hydrogens is 427 g/mol. The van der Waals surface area contributed by atoms with Gasteiger partial charge in [-0.25, -0.2) is 4.98 Å². The van der Waals surface area contributed by atoms with E-state index in [1.807, 2.05) is 24.3 Å². The first kappa shape index (κ1) is 21.0. The van der Waals surface area contributed by atoms with Gasteiger partial charge in [0.05, 0.1) is 16.6 Å². The second kappa shape index (κ2) is 10.1. The second-order valence-electron chi connectivity index (χ2n) is 5.59. The predicted molar refractivity (Wildman–Crippen MR) is 99.6 cm³/mol. The van der Waals surface area contributed by atoms with E-state index in [2.05, 4.69) is 31.5 Å². The zero-order valence-corrected chi connectivity index (χ0v) is 15.9. The number of nitrogens with zero attached hydrogens (tertiary/aromatic N) is 1. The van der Waals surface area contributed by atoms with E-state index < -0.39 is 11.7 Å². The molecule has 1 amide bonds. The number of rotatable bonds is 9.